The minimum atomic E-state index is -0.297. The molecule has 1 saturated carbocycles. The molecule has 4 heteroatoms. The minimum Gasteiger partial charge on any atom is -0.465 e. The Hall–Kier alpha value is -1.39. The normalized spacial score (nSPS) is 15.4. The molecule has 4 nitrogen and oxygen atoms in total. The lowest BCUT2D eigenvalue weighted by atomic mass is 10.1. The molecule has 0 bridgehead atoms. The second kappa shape index (κ2) is 8.02. The Bertz CT molecular complexity index is 410. The molecule has 1 aromatic carbocycles. The summed E-state index contributed by atoms with van der Waals surface area (Å²) in [5, 5.41) is 3.35. The van der Waals surface area contributed by atoms with Crippen molar-refractivity contribution in [1.82, 2.24) is 5.32 Å². The van der Waals surface area contributed by atoms with Crippen LogP contribution in [-0.4, -0.2) is 32.3 Å². The highest BCUT2D eigenvalue weighted by Gasteiger charge is 2.14. The average molecular weight is 277 g/mol. The van der Waals surface area contributed by atoms with Gasteiger partial charge in [0.25, 0.3) is 0 Å². The van der Waals surface area contributed by atoms with Gasteiger partial charge in [-0.2, -0.15) is 0 Å². The Kier molecular flexibility index (Phi) is 6.02. The summed E-state index contributed by atoms with van der Waals surface area (Å²) in [4.78, 5) is 11.3. The molecule has 1 N–H and O–H groups in total. The predicted octanol–water partition coefficient (Wildman–Crippen LogP) is 2.52. The van der Waals surface area contributed by atoms with E-state index < -0.39 is 0 Å². The van der Waals surface area contributed by atoms with Crippen LogP contribution < -0.4 is 5.32 Å². The van der Waals surface area contributed by atoms with E-state index in [1.54, 1.807) is 12.1 Å². The van der Waals surface area contributed by atoms with Crippen molar-refractivity contribution >= 4 is 5.97 Å². The summed E-state index contributed by atoms with van der Waals surface area (Å²) in [5.41, 5.74) is 1.74. The van der Waals surface area contributed by atoms with Crippen LogP contribution in [0.25, 0.3) is 0 Å². The van der Waals surface area contributed by atoms with Crippen molar-refractivity contribution in [1.29, 1.82) is 0 Å². The number of hydrogen-bond donors (Lipinski definition) is 1. The Morgan fingerprint density at radius 1 is 1.25 bits per heavy atom. The molecule has 0 atom stereocenters. The monoisotopic (exact) mass is 277 g/mol. The second-order valence-corrected chi connectivity index (χ2v) is 5.14. The minimum absolute atomic E-state index is 0.297. The number of carbonyl (C=O) groups excluding carboxylic acids is 1. The molecule has 0 amide bonds. The summed E-state index contributed by atoms with van der Waals surface area (Å²) in [6.07, 6.45) is 5.54. The van der Waals surface area contributed by atoms with Crippen LogP contribution in [0.2, 0.25) is 0 Å². The molecular weight excluding hydrogens is 254 g/mol. The zero-order valence-corrected chi connectivity index (χ0v) is 12.1. The maximum atomic E-state index is 11.3. The third kappa shape index (κ3) is 4.62. The molecule has 0 aromatic heterocycles. The molecule has 1 aliphatic rings. The maximum absolute atomic E-state index is 11.3. The van der Waals surface area contributed by atoms with Crippen LogP contribution in [0, 0.1) is 0 Å². The number of benzene rings is 1. The molecule has 0 aliphatic heterocycles. The van der Waals surface area contributed by atoms with Crippen LogP contribution >= 0.6 is 0 Å². The maximum Gasteiger partial charge on any atom is 0.337 e. The number of nitrogens with one attached hydrogen (secondary N) is 1. The topological polar surface area (TPSA) is 47.6 Å². The molecular formula is C16H23NO3. The summed E-state index contributed by atoms with van der Waals surface area (Å²) in [6.45, 7) is 2.41. The van der Waals surface area contributed by atoms with Gasteiger partial charge in [0.15, 0.2) is 0 Å². The zero-order valence-electron chi connectivity index (χ0n) is 12.1. The molecule has 1 aliphatic carbocycles. The summed E-state index contributed by atoms with van der Waals surface area (Å²) in [7, 11) is 1.39. The van der Waals surface area contributed by atoms with E-state index in [1.807, 2.05) is 12.1 Å². The molecule has 0 unspecified atom stereocenters. The third-order valence-corrected chi connectivity index (χ3v) is 3.64. The van der Waals surface area contributed by atoms with Gasteiger partial charge in [-0.1, -0.05) is 25.0 Å². The molecule has 0 spiro atoms. The third-order valence-electron chi connectivity index (χ3n) is 3.64. The smallest absolute Gasteiger partial charge is 0.337 e. The molecule has 2 rings (SSSR count). The number of carbonyl (C=O) groups is 1. The largest absolute Gasteiger partial charge is 0.465 e. The van der Waals surface area contributed by atoms with Crippen molar-refractivity contribution in [3.8, 4) is 0 Å². The van der Waals surface area contributed by atoms with E-state index in [1.165, 1.54) is 32.8 Å². The SMILES string of the molecule is COC(=O)c1ccc(CNCCOC2CCCC2)cc1. The lowest BCUT2D eigenvalue weighted by Crippen LogP contribution is -2.21. The number of rotatable bonds is 7. The van der Waals surface area contributed by atoms with Crippen molar-refractivity contribution in [2.45, 2.75) is 38.3 Å². The quantitative estimate of drug-likeness (QED) is 0.614. The predicted molar refractivity (Wildman–Crippen MR) is 77.7 cm³/mol. The van der Waals surface area contributed by atoms with Crippen LogP contribution in [0.1, 0.15) is 41.6 Å². The first-order chi connectivity index (χ1) is 9.79. The molecule has 1 fully saturated rings. The molecule has 110 valence electrons. The van der Waals surface area contributed by atoms with Crippen LogP contribution in [0.4, 0.5) is 0 Å². The van der Waals surface area contributed by atoms with Crippen molar-refractivity contribution < 1.29 is 14.3 Å². The first-order valence-electron chi connectivity index (χ1n) is 7.29. The highest BCUT2D eigenvalue weighted by molar-refractivity contribution is 5.89. The first-order valence-corrected chi connectivity index (χ1v) is 7.29. The van der Waals surface area contributed by atoms with Crippen molar-refractivity contribution in [2.24, 2.45) is 0 Å². The highest BCUT2D eigenvalue weighted by atomic mass is 16.5. The molecule has 1 aromatic rings. The fourth-order valence-electron chi connectivity index (χ4n) is 2.46. The summed E-state index contributed by atoms with van der Waals surface area (Å²) < 4.78 is 10.4. The van der Waals surface area contributed by atoms with Gasteiger partial charge in [0, 0.05) is 13.1 Å². The average Bonchev–Trinajstić information content (AvgIpc) is 3.00. The van der Waals surface area contributed by atoms with Crippen LogP contribution in [0.5, 0.6) is 0 Å². The van der Waals surface area contributed by atoms with E-state index >= 15 is 0 Å². The molecule has 0 saturated heterocycles. The van der Waals surface area contributed by atoms with Crippen molar-refractivity contribution in [2.75, 3.05) is 20.3 Å². The van der Waals surface area contributed by atoms with Gasteiger partial charge in [0.05, 0.1) is 25.4 Å². The molecule has 20 heavy (non-hydrogen) atoms. The summed E-state index contributed by atoms with van der Waals surface area (Å²) in [5.74, 6) is -0.297. The van der Waals surface area contributed by atoms with Gasteiger partial charge in [-0.15, -0.1) is 0 Å². The standard InChI is InChI=1S/C16H23NO3/c1-19-16(18)14-8-6-13(7-9-14)12-17-10-11-20-15-4-2-3-5-15/h6-9,15,17H,2-5,10-12H2,1H3. The Labute approximate surface area is 120 Å². The van der Waals surface area contributed by atoms with Crippen molar-refractivity contribution in [3.63, 3.8) is 0 Å². The van der Waals surface area contributed by atoms with Gasteiger partial charge in [-0.3, -0.25) is 0 Å². The van der Waals surface area contributed by atoms with E-state index in [9.17, 15) is 4.79 Å². The number of hydrogen-bond acceptors (Lipinski definition) is 4. The summed E-state index contributed by atoms with van der Waals surface area (Å²) in [6, 6.07) is 7.46. The fraction of sp³-hybridized carbons (Fsp3) is 0.562. The number of ether oxygens (including phenoxy) is 2. The highest BCUT2D eigenvalue weighted by Crippen LogP contribution is 2.20. The van der Waals surface area contributed by atoms with Gasteiger partial charge in [0.1, 0.15) is 0 Å². The van der Waals surface area contributed by atoms with Crippen molar-refractivity contribution in [3.05, 3.63) is 35.4 Å². The summed E-state index contributed by atoms with van der Waals surface area (Å²) >= 11 is 0. The molecule has 0 heterocycles. The van der Waals surface area contributed by atoms with Crippen LogP contribution in [0.3, 0.4) is 0 Å². The zero-order chi connectivity index (χ0) is 14.2. The Morgan fingerprint density at radius 3 is 2.60 bits per heavy atom. The van der Waals surface area contributed by atoms with E-state index in [0.717, 1.165) is 25.3 Å². The van der Waals surface area contributed by atoms with Crippen LogP contribution in [0.15, 0.2) is 24.3 Å². The number of methoxy groups -OCH3 is 1. The number of esters is 1. The van der Waals surface area contributed by atoms with Gasteiger partial charge >= 0.3 is 5.97 Å². The van der Waals surface area contributed by atoms with Crippen LogP contribution in [-0.2, 0) is 16.0 Å². The lowest BCUT2D eigenvalue weighted by Gasteiger charge is -2.11. The van der Waals surface area contributed by atoms with Gasteiger partial charge in [-0.25, -0.2) is 4.79 Å². The van der Waals surface area contributed by atoms with Gasteiger partial charge in [-0.05, 0) is 30.5 Å². The van der Waals surface area contributed by atoms with Gasteiger partial charge < -0.3 is 14.8 Å². The van der Waals surface area contributed by atoms with E-state index in [4.69, 9.17) is 4.74 Å². The fourth-order valence-corrected chi connectivity index (χ4v) is 2.46. The Morgan fingerprint density at radius 2 is 1.95 bits per heavy atom. The first kappa shape index (κ1) is 15.0. The van der Waals surface area contributed by atoms with E-state index in [-0.39, 0.29) is 5.97 Å². The lowest BCUT2D eigenvalue weighted by molar-refractivity contribution is 0.0599. The molecule has 0 radical (unpaired) electrons. The second-order valence-electron chi connectivity index (χ2n) is 5.14. The van der Waals surface area contributed by atoms with E-state index in [0.29, 0.717) is 11.7 Å². The Balaban J connectivity index is 1.62. The van der Waals surface area contributed by atoms with E-state index in [2.05, 4.69) is 10.1 Å². The van der Waals surface area contributed by atoms with Gasteiger partial charge in [0.2, 0.25) is 0 Å².